The van der Waals surface area contributed by atoms with Crippen molar-refractivity contribution in [3.63, 3.8) is 0 Å². The van der Waals surface area contributed by atoms with Crippen molar-refractivity contribution < 1.29 is 14.7 Å². The largest absolute Gasteiger partial charge is 0.481 e. The van der Waals surface area contributed by atoms with Gasteiger partial charge >= 0.3 is 5.97 Å². The molecule has 1 aromatic carbocycles. The minimum atomic E-state index is -0.858. The minimum Gasteiger partial charge on any atom is -0.481 e. The Morgan fingerprint density at radius 2 is 2.05 bits per heavy atom. The van der Waals surface area contributed by atoms with E-state index in [9.17, 15) is 14.7 Å². The van der Waals surface area contributed by atoms with Gasteiger partial charge in [-0.2, -0.15) is 0 Å². The van der Waals surface area contributed by atoms with Gasteiger partial charge in [0.1, 0.15) is 0 Å². The number of aryl methyl sites for hydroxylation is 1. The maximum atomic E-state index is 12.0. The highest BCUT2D eigenvalue weighted by atomic mass is 16.4. The molecule has 1 fully saturated rings. The molecule has 0 bridgehead atoms. The summed E-state index contributed by atoms with van der Waals surface area (Å²) in [4.78, 5) is 23.3. The Morgan fingerprint density at radius 3 is 2.67 bits per heavy atom. The average molecular weight is 289 g/mol. The molecule has 21 heavy (non-hydrogen) atoms. The fourth-order valence-electron chi connectivity index (χ4n) is 2.93. The highest BCUT2D eigenvalue weighted by Crippen LogP contribution is 2.24. The zero-order valence-electron chi connectivity index (χ0n) is 12.5. The van der Waals surface area contributed by atoms with Crippen molar-refractivity contribution in [2.24, 2.45) is 11.8 Å². The molecular weight excluding hydrogens is 266 g/mol. The Morgan fingerprint density at radius 1 is 1.33 bits per heavy atom. The van der Waals surface area contributed by atoms with Gasteiger partial charge in [-0.1, -0.05) is 42.7 Å². The standard InChI is InChI=1S/C17H23NO3/c1-12-5-4-6-13(9-12)10-15(17(20)21)11-18-16(19)14-7-2-3-8-14/h4-6,9,14-15H,2-3,7-8,10-11H2,1H3,(H,18,19)(H,20,21). The summed E-state index contributed by atoms with van der Waals surface area (Å²) in [6, 6.07) is 7.85. The van der Waals surface area contributed by atoms with Crippen LogP contribution >= 0.6 is 0 Å². The van der Waals surface area contributed by atoms with Crippen molar-refractivity contribution in [2.75, 3.05) is 6.54 Å². The molecule has 4 nitrogen and oxygen atoms in total. The van der Waals surface area contributed by atoms with E-state index in [0.717, 1.165) is 36.8 Å². The normalized spacial score (nSPS) is 16.6. The Labute approximate surface area is 125 Å². The number of carboxylic acid groups (broad SMARTS) is 1. The lowest BCUT2D eigenvalue weighted by atomic mass is 9.97. The summed E-state index contributed by atoms with van der Waals surface area (Å²) in [6.07, 6.45) is 4.51. The SMILES string of the molecule is Cc1cccc(CC(CNC(=O)C2CCCC2)C(=O)O)c1. The lowest BCUT2D eigenvalue weighted by Crippen LogP contribution is -2.36. The van der Waals surface area contributed by atoms with Crippen molar-refractivity contribution in [2.45, 2.75) is 39.0 Å². The third-order valence-corrected chi connectivity index (χ3v) is 4.16. The first-order chi connectivity index (χ1) is 10.1. The maximum absolute atomic E-state index is 12.0. The summed E-state index contributed by atoms with van der Waals surface area (Å²) in [6.45, 7) is 2.19. The molecule has 1 aliphatic rings. The van der Waals surface area contributed by atoms with E-state index in [-0.39, 0.29) is 18.4 Å². The van der Waals surface area contributed by atoms with Crippen LogP contribution in [0.1, 0.15) is 36.8 Å². The predicted molar refractivity (Wildman–Crippen MR) is 81.0 cm³/mol. The molecule has 0 radical (unpaired) electrons. The molecule has 1 amide bonds. The van der Waals surface area contributed by atoms with E-state index in [1.807, 2.05) is 31.2 Å². The van der Waals surface area contributed by atoms with Gasteiger partial charge in [-0.15, -0.1) is 0 Å². The summed E-state index contributed by atoms with van der Waals surface area (Å²) in [7, 11) is 0. The number of carboxylic acids is 1. The quantitative estimate of drug-likeness (QED) is 0.845. The van der Waals surface area contributed by atoms with Crippen LogP contribution in [0, 0.1) is 18.8 Å². The zero-order chi connectivity index (χ0) is 15.2. The van der Waals surface area contributed by atoms with Crippen molar-refractivity contribution in [1.29, 1.82) is 0 Å². The van der Waals surface area contributed by atoms with Crippen molar-refractivity contribution in [1.82, 2.24) is 5.32 Å². The minimum absolute atomic E-state index is 0.0167. The second-order valence-electron chi connectivity index (χ2n) is 5.95. The van der Waals surface area contributed by atoms with Gasteiger partial charge in [0.25, 0.3) is 0 Å². The third-order valence-electron chi connectivity index (χ3n) is 4.16. The number of hydrogen-bond donors (Lipinski definition) is 2. The molecule has 1 atom stereocenters. The van der Waals surface area contributed by atoms with Crippen LogP contribution in [-0.2, 0) is 16.0 Å². The summed E-state index contributed by atoms with van der Waals surface area (Å²) >= 11 is 0. The number of benzene rings is 1. The lowest BCUT2D eigenvalue weighted by molar-refractivity contribution is -0.141. The molecule has 0 aliphatic heterocycles. The molecule has 1 saturated carbocycles. The molecule has 0 saturated heterocycles. The number of hydrogen-bond acceptors (Lipinski definition) is 2. The van der Waals surface area contributed by atoms with E-state index in [0.29, 0.717) is 6.42 Å². The van der Waals surface area contributed by atoms with Crippen LogP contribution in [0.2, 0.25) is 0 Å². The molecule has 0 heterocycles. The highest BCUT2D eigenvalue weighted by molar-refractivity contribution is 5.79. The molecule has 0 aromatic heterocycles. The van der Waals surface area contributed by atoms with E-state index in [2.05, 4.69) is 5.32 Å². The molecular formula is C17H23NO3. The molecule has 1 aliphatic carbocycles. The van der Waals surface area contributed by atoms with Crippen LogP contribution in [0.5, 0.6) is 0 Å². The smallest absolute Gasteiger partial charge is 0.308 e. The molecule has 114 valence electrons. The van der Waals surface area contributed by atoms with Crippen molar-refractivity contribution in [3.8, 4) is 0 Å². The van der Waals surface area contributed by atoms with Crippen LogP contribution in [0.4, 0.5) is 0 Å². The van der Waals surface area contributed by atoms with Gasteiger partial charge in [0, 0.05) is 12.5 Å². The summed E-state index contributed by atoms with van der Waals surface area (Å²) in [5.74, 6) is -1.33. The fourth-order valence-corrected chi connectivity index (χ4v) is 2.93. The van der Waals surface area contributed by atoms with Gasteiger partial charge in [0.05, 0.1) is 5.92 Å². The predicted octanol–water partition coefficient (Wildman–Crippen LogP) is 2.54. The van der Waals surface area contributed by atoms with Gasteiger partial charge in [-0.25, -0.2) is 0 Å². The summed E-state index contributed by atoms with van der Waals surface area (Å²) < 4.78 is 0. The van der Waals surface area contributed by atoms with Gasteiger partial charge in [0.15, 0.2) is 0 Å². The molecule has 2 N–H and O–H groups in total. The van der Waals surface area contributed by atoms with Crippen LogP contribution in [0.3, 0.4) is 0 Å². The van der Waals surface area contributed by atoms with E-state index in [4.69, 9.17) is 0 Å². The van der Waals surface area contributed by atoms with Gasteiger partial charge in [-0.3, -0.25) is 9.59 Å². The van der Waals surface area contributed by atoms with E-state index in [1.165, 1.54) is 0 Å². The average Bonchev–Trinajstić information content (AvgIpc) is 2.97. The number of carbonyl (C=O) groups excluding carboxylic acids is 1. The first-order valence-corrected chi connectivity index (χ1v) is 7.62. The lowest BCUT2D eigenvalue weighted by Gasteiger charge is -2.16. The second kappa shape index (κ2) is 7.25. The third kappa shape index (κ3) is 4.59. The number of rotatable bonds is 6. The molecule has 0 spiro atoms. The Kier molecular flexibility index (Phi) is 5.37. The Bertz CT molecular complexity index is 507. The molecule has 1 unspecified atom stereocenters. The Hall–Kier alpha value is -1.84. The second-order valence-corrected chi connectivity index (χ2v) is 5.95. The van der Waals surface area contributed by atoms with Gasteiger partial charge in [0.2, 0.25) is 5.91 Å². The number of aliphatic carboxylic acids is 1. The summed E-state index contributed by atoms with van der Waals surface area (Å²) in [5.41, 5.74) is 2.11. The van der Waals surface area contributed by atoms with Crippen LogP contribution in [0.25, 0.3) is 0 Å². The monoisotopic (exact) mass is 289 g/mol. The number of carbonyl (C=O) groups is 2. The topological polar surface area (TPSA) is 66.4 Å². The molecule has 2 rings (SSSR count). The van der Waals surface area contributed by atoms with E-state index < -0.39 is 11.9 Å². The Balaban J connectivity index is 1.90. The van der Waals surface area contributed by atoms with Crippen molar-refractivity contribution >= 4 is 11.9 Å². The van der Waals surface area contributed by atoms with Crippen LogP contribution in [-0.4, -0.2) is 23.5 Å². The summed E-state index contributed by atoms with van der Waals surface area (Å²) in [5, 5.41) is 12.2. The van der Waals surface area contributed by atoms with E-state index in [1.54, 1.807) is 0 Å². The van der Waals surface area contributed by atoms with Gasteiger partial charge < -0.3 is 10.4 Å². The molecule has 1 aromatic rings. The van der Waals surface area contributed by atoms with Gasteiger partial charge in [-0.05, 0) is 31.7 Å². The van der Waals surface area contributed by atoms with Crippen LogP contribution in [0.15, 0.2) is 24.3 Å². The first kappa shape index (κ1) is 15.5. The fraction of sp³-hybridized carbons (Fsp3) is 0.529. The van der Waals surface area contributed by atoms with Crippen LogP contribution < -0.4 is 5.32 Å². The zero-order valence-corrected chi connectivity index (χ0v) is 12.5. The molecule has 4 heteroatoms. The highest BCUT2D eigenvalue weighted by Gasteiger charge is 2.25. The number of nitrogens with one attached hydrogen (secondary N) is 1. The van der Waals surface area contributed by atoms with Crippen molar-refractivity contribution in [3.05, 3.63) is 35.4 Å². The van der Waals surface area contributed by atoms with E-state index >= 15 is 0 Å². The number of amides is 1. The maximum Gasteiger partial charge on any atom is 0.308 e. The first-order valence-electron chi connectivity index (χ1n) is 7.62.